The number of rotatable bonds is 4. The first-order valence-corrected chi connectivity index (χ1v) is 7.71. The highest BCUT2D eigenvalue weighted by Crippen LogP contribution is 2.20. The first kappa shape index (κ1) is 13.1. The second-order valence-electron chi connectivity index (χ2n) is 4.89. The van der Waals surface area contributed by atoms with Crippen molar-refractivity contribution in [3.05, 3.63) is 40.1 Å². The molecule has 3 rings (SSSR count). The van der Waals surface area contributed by atoms with Crippen LogP contribution in [-0.2, 0) is 19.4 Å². The summed E-state index contributed by atoms with van der Waals surface area (Å²) in [5.74, 6) is 1.11. The van der Waals surface area contributed by atoms with Crippen molar-refractivity contribution in [2.75, 3.05) is 5.73 Å². The maximum atomic E-state index is 5.83. The number of thiazole rings is 1. The summed E-state index contributed by atoms with van der Waals surface area (Å²) in [5.41, 5.74) is 9.90. The molecule has 0 amide bonds. The molecular formula is C15H18N4S. The number of anilines is 1. The Morgan fingerprint density at radius 2 is 2.15 bits per heavy atom. The van der Waals surface area contributed by atoms with E-state index in [0.29, 0.717) is 0 Å². The molecule has 0 atom stereocenters. The molecule has 1 aromatic carbocycles. The molecule has 104 valence electrons. The number of nitrogens with zero attached hydrogens (tertiary/aromatic N) is 3. The lowest BCUT2D eigenvalue weighted by Crippen LogP contribution is -2.05. The number of aromatic nitrogens is 3. The van der Waals surface area contributed by atoms with Gasteiger partial charge in [-0.15, -0.1) is 11.3 Å². The fourth-order valence-electron chi connectivity index (χ4n) is 2.47. The second kappa shape index (κ2) is 5.25. The fourth-order valence-corrected chi connectivity index (χ4v) is 3.11. The highest BCUT2D eigenvalue weighted by Gasteiger charge is 2.10. The van der Waals surface area contributed by atoms with Crippen LogP contribution in [0.5, 0.6) is 0 Å². The van der Waals surface area contributed by atoms with Gasteiger partial charge in [0.15, 0.2) is 0 Å². The van der Waals surface area contributed by atoms with Gasteiger partial charge in [0.25, 0.3) is 0 Å². The first-order chi connectivity index (χ1) is 9.67. The van der Waals surface area contributed by atoms with Crippen molar-refractivity contribution < 1.29 is 0 Å². The number of hydrogen-bond acceptors (Lipinski definition) is 4. The van der Waals surface area contributed by atoms with E-state index < -0.39 is 0 Å². The fraction of sp³-hybridized carbons (Fsp3) is 0.333. The van der Waals surface area contributed by atoms with Crippen LogP contribution < -0.4 is 5.73 Å². The van der Waals surface area contributed by atoms with Crippen molar-refractivity contribution in [2.45, 2.75) is 33.2 Å². The summed E-state index contributed by atoms with van der Waals surface area (Å²) in [6, 6.07) is 5.94. The van der Waals surface area contributed by atoms with Crippen molar-refractivity contribution in [2.24, 2.45) is 0 Å². The average molecular weight is 286 g/mol. The lowest BCUT2D eigenvalue weighted by Gasteiger charge is -2.07. The third-order valence-corrected chi connectivity index (χ3v) is 4.25. The Morgan fingerprint density at radius 3 is 2.85 bits per heavy atom. The summed E-state index contributed by atoms with van der Waals surface area (Å²) in [6.45, 7) is 5.09. The minimum absolute atomic E-state index is 0.764. The average Bonchev–Trinajstić information content (AvgIpc) is 2.99. The standard InChI is InChI=1S/C15H18N4S/c1-3-15-18-13-8-11(16)4-5-14(13)19(15)7-6-12-9-20-10(2)17-12/h4-5,8-9H,3,6-7,16H2,1-2H3. The monoisotopic (exact) mass is 286 g/mol. The van der Waals surface area contributed by atoms with Crippen LogP contribution in [0.3, 0.4) is 0 Å². The third kappa shape index (κ3) is 2.41. The van der Waals surface area contributed by atoms with E-state index in [0.717, 1.165) is 52.6 Å². The van der Waals surface area contributed by atoms with Gasteiger partial charge >= 0.3 is 0 Å². The topological polar surface area (TPSA) is 56.7 Å². The molecule has 5 heteroatoms. The van der Waals surface area contributed by atoms with E-state index in [-0.39, 0.29) is 0 Å². The Hall–Kier alpha value is -1.88. The molecule has 0 aliphatic heterocycles. The quantitative estimate of drug-likeness (QED) is 0.749. The summed E-state index contributed by atoms with van der Waals surface area (Å²) in [7, 11) is 0. The Bertz CT molecular complexity index is 741. The number of fused-ring (bicyclic) bond motifs is 1. The molecule has 0 aliphatic carbocycles. The van der Waals surface area contributed by atoms with E-state index in [1.807, 2.05) is 19.1 Å². The Balaban J connectivity index is 1.93. The summed E-state index contributed by atoms with van der Waals surface area (Å²) >= 11 is 1.70. The summed E-state index contributed by atoms with van der Waals surface area (Å²) in [4.78, 5) is 9.20. The zero-order valence-corrected chi connectivity index (χ0v) is 12.6. The number of nitrogens with two attached hydrogens (primary N) is 1. The molecule has 0 aliphatic rings. The Kier molecular flexibility index (Phi) is 3.44. The molecule has 0 saturated carbocycles. The highest BCUT2D eigenvalue weighted by molar-refractivity contribution is 7.09. The van der Waals surface area contributed by atoms with E-state index in [4.69, 9.17) is 5.73 Å². The van der Waals surface area contributed by atoms with Gasteiger partial charge in [-0.05, 0) is 25.1 Å². The van der Waals surface area contributed by atoms with Gasteiger partial charge in [0.2, 0.25) is 0 Å². The molecular weight excluding hydrogens is 268 g/mol. The highest BCUT2D eigenvalue weighted by atomic mass is 32.1. The van der Waals surface area contributed by atoms with Crippen LogP contribution in [0, 0.1) is 6.92 Å². The summed E-state index contributed by atoms with van der Waals surface area (Å²) < 4.78 is 2.28. The zero-order chi connectivity index (χ0) is 14.1. The van der Waals surface area contributed by atoms with Gasteiger partial charge in [-0.25, -0.2) is 9.97 Å². The van der Waals surface area contributed by atoms with Crippen LogP contribution in [0.15, 0.2) is 23.6 Å². The Morgan fingerprint density at radius 1 is 1.30 bits per heavy atom. The van der Waals surface area contributed by atoms with Crippen molar-refractivity contribution in [1.29, 1.82) is 0 Å². The molecule has 0 radical (unpaired) electrons. The molecule has 2 N–H and O–H groups in total. The van der Waals surface area contributed by atoms with Crippen molar-refractivity contribution in [3.63, 3.8) is 0 Å². The van der Waals surface area contributed by atoms with Crippen LogP contribution in [0.1, 0.15) is 23.4 Å². The molecule has 0 saturated heterocycles. The van der Waals surface area contributed by atoms with Crippen molar-refractivity contribution in [3.8, 4) is 0 Å². The molecule has 0 bridgehead atoms. The first-order valence-electron chi connectivity index (χ1n) is 6.83. The summed E-state index contributed by atoms with van der Waals surface area (Å²) in [6.07, 6.45) is 1.86. The van der Waals surface area contributed by atoms with Crippen molar-refractivity contribution in [1.82, 2.24) is 14.5 Å². The second-order valence-corrected chi connectivity index (χ2v) is 5.95. The molecule has 3 aromatic rings. The predicted octanol–water partition coefficient (Wildman–Crippen LogP) is 3.19. The molecule has 2 aromatic heterocycles. The van der Waals surface area contributed by atoms with E-state index >= 15 is 0 Å². The Labute approximate surface area is 122 Å². The SMILES string of the molecule is CCc1nc2cc(N)ccc2n1CCc1csc(C)n1. The predicted molar refractivity (Wildman–Crippen MR) is 84.1 cm³/mol. The summed E-state index contributed by atoms with van der Waals surface area (Å²) in [5, 5.41) is 3.26. The molecule has 4 nitrogen and oxygen atoms in total. The van der Waals surface area contributed by atoms with Crippen LogP contribution in [0.2, 0.25) is 0 Å². The van der Waals surface area contributed by atoms with Crippen LogP contribution in [0.25, 0.3) is 11.0 Å². The van der Waals surface area contributed by atoms with Gasteiger partial charge in [-0.2, -0.15) is 0 Å². The number of nitrogen functional groups attached to an aromatic ring is 1. The number of hydrogen-bond donors (Lipinski definition) is 1. The minimum Gasteiger partial charge on any atom is -0.399 e. The van der Waals surface area contributed by atoms with E-state index in [9.17, 15) is 0 Å². The van der Waals surface area contributed by atoms with E-state index in [2.05, 4.69) is 32.9 Å². The lowest BCUT2D eigenvalue weighted by molar-refractivity contribution is 0.667. The van der Waals surface area contributed by atoms with Gasteiger partial charge in [0.05, 0.1) is 21.7 Å². The minimum atomic E-state index is 0.764. The molecule has 0 fully saturated rings. The van der Waals surface area contributed by atoms with E-state index in [1.54, 1.807) is 11.3 Å². The number of benzene rings is 1. The number of imidazole rings is 1. The third-order valence-electron chi connectivity index (χ3n) is 3.43. The molecule has 20 heavy (non-hydrogen) atoms. The normalized spacial score (nSPS) is 11.3. The largest absolute Gasteiger partial charge is 0.399 e. The van der Waals surface area contributed by atoms with Gasteiger partial charge < -0.3 is 10.3 Å². The van der Waals surface area contributed by atoms with Crippen LogP contribution >= 0.6 is 11.3 Å². The molecule has 2 heterocycles. The smallest absolute Gasteiger partial charge is 0.109 e. The zero-order valence-electron chi connectivity index (χ0n) is 11.8. The number of aryl methyl sites for hydroxylation is 4. The molecule has 0 spiro atoms. The van der Waals surface area contributed by atoms with Crippen LogP contribution in [0.4, 0.5) is 5.69 Å². The van der Waals surface area contributed by atoms with Crippen LogP contribution in [-0.4, -0.2) is 14.5 Å². The van der Waals surface area contributed by atoms with Gasteiger partial charge in [0.1, 0.15) is 5.82 Å². The lowest BCUT2D eigenvalue weighted by atomic mass is 10.2. The molecule has 0 unspecified atom stereocenters. The maximum absolute atomic E-state index is 5.83. The van der Waals surface area contributed by atoms with Gasteiger partial charge in [-0.3, -0.25) is 0 Å². The van der Waals surface area contributed by atoms with Crippen molar-refractivity contribution >= 4 is 28.1 Å². The maximum Gasteiger partial charge on any atom is 0.109 e. The van der Waals surface area contributed by atoms with Gasteiger partial charge in [0, 0.05) is 30.5 Å². The van der Waals surface area contributed by atoms with Gasteiger partial charge in [-0.1, -0.05) is 6.92 Å². The van der Waals surface area contributed by atoms with E-state index in [1.165, 1.54) is 0 Å².